The van der Waals surface area contributed by atoms with Crippen LogP contribution in [0.4, 0.5) is 11.0 Å². The topological polar surface area (TPSA) is 111 Å². The van der Waals surface area contributed by atoms with Crippen LogP contribution in [-0.2, 0) is 5.41 Å². The first-order valence-electron chi connectivity index (χ1n) is 10.3. The molecule has 0 saturated heterocycles. The van der Waals surface area contributed by atoms with Crippen LogP contribution < -0.4 is 9.75 Å². The molecule has 4 aromatic rings. The van der Waals surface area contributed by atoms with Gasteiger partial charge >= 0.3 is 5.88 Å². The van der Waals surface area contributed by atoms with Crippen LogP contribution in [0.25, 0.3) is 10.2 Å². The number of rotatable bonds is 6. The molecular formula is C24H22N4O5S. The zero-order valence-corrected chi connectivity index (χ0v) is 19.8. The molecule has 0 radical (unpaired) electrons. The van der Waals surface area contributed by atoms with Crippen LogP contribution in [0.1, 0.15) is 42.5 Å². The van der Waals surface area contributed by atoms with E-state index in [4.69, 9.17) is 9.15 Å². The van der Waals surface area contributed by atoms with Crippen LogP contribution in [0, 0.1) is 10.1 Å². The van der Waals surface area contributed by atoms with Gasteiger partial charge in [0.2, 0.25) is 5.13 Å². The summed E-state index contributed by atoms with van der Waals surface area (Å²) in [5.74, 6) is -0.00642. The minimum Gasteiger partial charge on any atom is -0.497 e. The second kappa shape index (κ2) is 9.06. The van der Waals surface area contributed by atoms with E-state index in [1.165, 1.54) is 29.7 Å². The van der Waals surface area contributed by atoms with Crippen LogP contribution in [0.3, 0.4) is 0 Å². The zero-order valence-electron chi connectivity index (χ0n) is 19.0. The highest BCUT2D eigenvalue weighted by Gasteiger charge is 2.23. The zero-order chi connectivity index (χ0) is 24.5. The van der Waals surface area contributed by atoms with Gasteiger partial charge in [0.25, 0.3) is 5.91 Å². The van der Waals surface area contributed by atoms with E-state index in [1.54, 1.807) is 31.4 Å². The Morgan fingerprint density at radius 3 is 2.53 bits per heavy atom. The molecule has 174 valence electrons. The van der Waals surface area contributed by atoms with Gasteiger partial charge in [0, 0.05) is 5.56 Å². The third-order valence-electron chi connectivity index (χ3n) is 5.05. The maximum absolute atomic E-state index is 13.5. The number of furan rings is 1. The largest absolute Gasteiger partial charge is 0.497 e. The Labute approximate surface area is 199 Å². The van der Waals surface area contributed by atoms with E-state index < -0.39 is 16.7 Å². The van der Waals surface area contributed by atoms with E-state index in [-0.39, 0.29) is 11.2 Å². The van der Waals surface area contributed by atoms with Crippen molar-refractivity contribution < 1.29 is 18.9 Å². The van der Waals surface area contributed by atoms with Crippen molar-refractivity contribution >= 4 is 44.7 Å². The minimum absolute atomic E-state index is 0.0560. The van der Waals surface area contributed by atoms with E-state index in [9.17, 15) is 14.9 Å². The number of anilines is 1. The number of amides is 1. The lowest BCUT2D eigenvalue weighted by molar-refractivity contribution is -0.402. The molecule has 0 unspecified atom stereocenters. The Hall–Kier alpha value is -4.05. The van der Waals surface area contributed by atoms with E-state index in [0.717, 1.165) is 15.3 Å². The number of carbonyl (C=O) groups is 1. The fourth-order valence-corrected chi connectivity index (χ4v) is 4.11. The molecular weight excluding hydrogens is 456 g/mol. The Morgan fingerprint density at radius 2 is 1.91 bits per heavy atom. The fourth-order valence-electron chi connectivity index (χ4n) is 3.16. The van der Waals surface area contributed by atoms with Gasteiger partial charge < -0.3 is 9.15 Å². The standard InChI is InChI=1S/C24H22N4O5S/c1-24(2,3)16-7-5-15(6-8-16)22(29)27(25-14-18-10-12-21(33-18)28(30)31)23-26-19-11-9-17(32-4)13-20(19)34-23/h5-14H,1-4H3/b25-14+. The average molecular weight is 479 g/mol. The SMILES string of the molecule is COc1ccc2nc(N(/N=C/c3ccc([N+](=O)[O-])o3)C(=O)c3ccc(C(C)(C)C)cc3)sc2c1. The number of carbonyl (C=O) groups excluding carboxylic acids is 1. The number of benzene rings is 2. The lowest BCUT2D eigenvalue weighted by Crippen LogP contribution is -2.25. The number of aromatic nitrogens is 1. The van der Waals surface area contributed by atoms with Crippen molar-refractivity contribution in [2.45, 2.75) is 26.2 Å². The van der Waals surface area contributed by atoms with Crippen LogP contribution in [-0.4, -0.2) is 29.1 Å². The molecule has 0 spiro atoms. The molecule has 34 heavy (non-hydrogen) atoms. The Bertz CT molecular complexity index is 1380. The maximum atomic E-state index is 13.5. The third kappa shape index (κ3) is 4.81. The number of ether oxygens (including phenoxy) is 1. The first-order valence-corrected chi connectivity index (χ1v) is 11.1. The molecule has 0 saturated carbocycles. The second-order valence-corrected chi connectivity index (χ2v) is 9.46. The molecule has 2 heterocycles. The fraction of sp³-hybridized carbons (Fsp3) is 0.208. The predicted octanol–water partition coefficient (Wildman–Crippen LogP) is 5.78. The highest BCUT2D eigenvalue weighted by atomic mass is 32.1. The first kappa shape index (κ1) is 23.1. The van der Waals surface area contributed by atoms with Gasteiger partial charge in [0.15, 0.2) is 5.76 Å². The number of hydrogen-bond donors (Lipinski definition) is 0. The maximum Gasteiger partial charge on any atom is 0.433 e. The predicted molar refractivity (Wildman–Crippen MR) is 131 cm³/mol. The highest BCUT2D eigenvalue weighted by molar-refractivity contribution is 7.22. The van der Waals surface area contributed by atoms with Crippen LogP contribution in [0.5, 0.6) is 5.75 Å². The Morgan fingerprint density at radius 1 is 1.18 bits per heavy atom. The van der Waals surface area contributed by atoms with Crippen LogP contribution in [0.2, 0.25) is 0 Å². The number of hydrogen-bond acceptors (Lipinski definition) is 8. The number of methoxy groups -OCH3 is 1. The quantitative estimate of drug-likeness (QED) is 0.197. The molecule has 2 aromatic carbocycles. The number of nitro groups is 1. The molecule has 0 aliphatic heterocycles. The smallest absolute Gasteiger partial charge is 0.433 e. The first-order chi connectivity index (χ1) is 16.2. The monoisotopic (exact) mass is 478 g/mol. The van der Waals surface area contributed by atoms with Gasteiger partial charge in [-0.15, -0.1) is 0 Å². The van der Waals surface area contributed by atoms with Crippen molar-refractivity contribution in [3.63, 3.8) is 0 Å². The molecule has 0 aliphatic carbocycles. The molecule has 0 atom stereocenters. The summed E-state index contributed by atoms with van der Waals surface area (Å²) in [4.78, 5) is 28.3. The number of thiazole rings is 1. The average Bonchev–Trinajstić information content (AvgIpc) is 3.45. The molecule has 2 aromatic heterocycles. The molecule has 0 bridgehead atoms. The highest BCUT2D eigenvalue weighted by Crippen LogP contribution is 2.33. The van der Waals surface area contributed by atoms with Gasteiger partial charge in [-0.3, -0.25) is 14.9 Å². The summed E-state index contributed by atoms with van der Waals surface area (Å²) in [5, 5.41) is 16.7. The van der Waals surface area contributed by atoms with E-state index in [2.05, 4.69) is 30.9 Å². The van der Waals surface area contributed by atoms with Gasteiger partial charge in [-0.1, -0.05) is 44.2 Å². The molecule has 0 aliphatic rings. The second-order valence-electron chi connectivity index (χ2n) is 8.45. The lowest BCUT2D eigenvalue weighted by atomic mass is 9.87. The van der Waals surface area contributed by atoms with Crippen molar-refractivity contribution in [1.29, 1.82) is 0 Å². The van der Waals surface area contributed by atoms with Gasteiger partial charge in [0.05, 0.1) is 29.6 Å². The number of hydrazone groups is 1. The van der Waals surface area contributed by atoms with Gasteiger partial charge in [-0.05, 0) is 47.4 Å². The molecule has 0 fully saturated rings. The Balaban J connectivity index is 1.73. The van der Waals surface area contributed by atoms with Gasteiger partial charge in [0.1, 0.15) is 10.7 Å². The summed E-state index contributed by atoms with van der Waals surface area (Å²) in [5.41, 5.74) is 2.14. The van der Waals surface area contributed by atoms with Crippen LogP contribution >= 0.6 is 11.3 Å². The molecule has 10 heteroatoms. The van der Waals surface area contributed by atoms with Gasteiger partial charge in [-0.2, -0.15) is 10.1 Å². The van der Waals surface area contributed by atoms with Crippen molar-refractivity contribution in [3.8, 4) is 5.75 Å². The van der Waals surface area contributed by atoms with Crippen LogP contribution in [0.15, 0.2) is 64.1 Å². The summed E-state index contributed by atoms with van der Waals surface area (Å²) >= 11 is 1.27. The Kier molecular flexibility index (Phi) is 6.16. The summed E-state index contributed by atoms with van der Waals surface area (Å²) < 4.78 is 11.2. The van der Waals surface area contributed by atoms with E-state index >= 15 is 0 Å². The third-order valence-corrected chi connectivity index (χ3v) is 6.04. The van der Waals surface area contributed by atoms with Crippen molar-refractivity contribution in [3.05, 3.63) is 81.6 Å². The number of nitrogens with zero attached hydrogens (tertiary/aromatic N) is 4. The molecule has 0 N–H and O–H groups in total. The number of fused-ring (bicyclic) bond motifs is 1. The molecule has 9 nitrogen and oxygen atoms in total. The molecule has 1 amide bonds. The van der Waals surface area contributed by atoms with Gasteiger partial charge in [-0.25, -0.2) is 4.98 Å². The minimum atomic E-state index is -0.641. The van der Waals surface area contributed by atoms with E-state index in [1.807, 2.05) is 18.2 Å². The normalized spacial score (nSPS) is 11.8. The summed E-state index contributed by atoms with van der Waals surface area (Å²) in [6.07, 6.45) is 1.25. The molecule has 4 rings (SSSR count). The lowest BCUT2D eigenvalue weighted by Gasteiger charge is -2.19. The van der Waals surface area contributed by atoms with Crippen molar-refractivity contribution in [2.24, 2.45) is 5.10 Å². The summed E-state index contributed by atoms with van der Waals surface area (Å²) in [6.45, 7) is 6.29. The summed E-state index contributed by atoms with van der Waals surface area (Å²) in [6, 6.07) is 15.4. The van der Waals surface area contributed by atoms with Crippen molar-refractivity contribution in [1.82, 2.24) is 4.98 Å². The van der Waals surface area contributed by atoms with Crippen molar-refractivity contribution in [2.75, 3.05) is 12.1 Å². The van der Waals surface area contributed by atoms with E-state index in [0.29, 0.717) is 22.0 Å². The summed E-state index contributed by atoms with van der Waals surface area (Å²) in [7, 11) is 1.58.